The number of hydrogen-bond donors (Lipinski definition) is 2. The number of nitrogens with one attached hydrogen (secondary N) is 2. The third-order valence-electron chi connectivity index (χ3n) is 4.48. The van der Waals surface area contributed by atoms with E-state index in [9.17, 15) is 14.4 Å². The van der Waals surface area contributed by atoms with Gasteiger partial charge in [0, 0.05) is 31.3 Å². The van der Waals surface area contributed by atoms with E-state index in [1.54, 1.807) is 23.1 Å². The van der Waals surface area contributed by atoms with Crippen LogP contribution in [0.1, 0.15) is 25.3 Å². The molecule has 0 saturated carbocycles. The molecule has 1 heterocycles. The summed E-state index contributed by atoms with van der Waals surface area (Å²) in [6, 6.07) is 12.5. The maximum Gasteiger partial charge on any atom is 0.228 e. The molecule has 0 bridgehead atoms. The summed E-state index contributed by atoms with van der Waals surface area (Å²) in [5, 5.41) is 5.50. The molecule has 0 atom stereocenters. The minimum Gasteiger partial charge on any atom is -0.495 e. The van der Waals surface area contributed by atoms with Crippen molar-refractivity contribution in [3.63, 3.8) is 0 Å². The Kier molecular flexibility index (Phi) is 5.93. The smallest absolute Gasteiger partial charge is 0.228 e. The number of methoxy groups -OCH3 is 1. The molecule has 146 valence electrons. The predicted octanol–water partition coefficient (Wildman–Crippen LogP) is 2.96. The molecule has 1 saturated heterocycles. The molecule has 1 aliphatic heterocycles. The largest absolute Gasteiger partial charge is 0.495 e. The molecule has 28 heavy (non-hydrogen) atoms. The second kappa shape index (κ2) is 8.56. The molecule has 1 aliphatic rings. The van der Waals surface area contributed by atoms with E-state index in [4.69, 9.17) is 4.74 Å². The van der Waals surface area contributed by atoms with E-state index < -0.39 is 0 Å². The molecule has 1 fully saturated rings. The summed E-state index contributed by atoms with van der Waals surface area (Å²) >= 11 is 0. The standard InChI is InChI=1S/C21H23N3O4/c1-14(25)22-16-7-10-19(28-2)18(13-16)23-20(26)12-15-5-8-17(9-6-15)24-11-3-4-21(24)27/h5-10,13H,3-4,11-12H2,1-2H3,(H,22,25)(H,23,26). The quantitative estimate of drug-likeness (QED) is 0.805. The Labute approximate surface area is 163 Å². The molecule has 0 unspecified atom stereocenters. The topological polar surface area (TPSA) is 87.7 Å². The Balaban J connectivity index is 1.66. The van der Waals surface area contributed by atoms with Gasteiger partial charge in [-0.05, 0) is 42.3 Å². The summed E-state index contributed by atoms with van der Waals surface area (Å²) in [5.41, 5.74) is 2.75. The van der Waals surface area contributed by atoms with Crippen molar-refractivity contribution in [3.8, 4) is 5.75 Å². The minimum atomic E-state index is -0.205. The average Bonchev–Trinajstić information content (AvgIpc) is 3.08. The molecule has 0 aliphatic carbocycles. The molecule has 0 radical (unpaired) electrons. The summed E-state index contributed by atoms with van der Waals surface area (Å²) in [4.78, 5) is 37.3. The van der Waals surface area contributed by atoms with Crippen LogP contribution in [0.3, 0.4) is 0 Å². The maximum absolute atomic E-state index is 12.5. The number of anilines is 3. The summed E-state index contributed by atoms with van der Waals surface area (Å²) < 4.78 is 5.27. The van der Waals surface area contributed by atoms with Gasteiger partial charge in [0.1, 0.15) is 5.75 Å². The van der Waals surface area contributed by atoms with Gasteiger partial charge in [0.2, 0.25) is 17.7 Å². The summed E-state index contributed by atoms with van der Waals surface area (Å²) in [5.74, 6) is 0.240. The van der Waals surface area contributed by atoms with Crippen molar-refractivity contribution in [1.29, 1.82) is 0 Å². The van der Waals surface area contributed by atoms with E-state index in [-0.39, 0.29) is 24.1 Å². The van der Waals surface area contributed by atoms with Crippen molar-refractivity contribution < 1.29 is 19.1 Å². The molecule has 7 nitrogen and oxygen atoms in total. The third-order valence-corrected chi connectivity index (χ3v) is 4.48. The van der Waals surface area contributed by atoms with Gasteiger partial charge in [-0.3, -0.25) is 14.4 Å². The van der Waals surface area contributed by atoms with Gasteiger partial charge in [0.15, 0.2) is 0 Å². The molecule has 3 amide bonds. The molecule has 2 aromatic rings. The van der Waals surface area contributed by atoms with Crippen LogP contribution in [-0.4, -0.2) is 31.4 Å². The fourth-order valence-corrected chi connectivity index (χ4v) is 3.18. The van der Waals surface area contributed by atoms with Crippen LogP contribution in [0.15, 0.2) is 42.5 Å². The van der Waals surface area contributed by atoms with Crippen LogP contribution in [0.5, 0.6) is 5.75 Å². The highest BCUT2D eigenvalue weighted by Gasteiger charge is 2.21. The van der Waals surface area contributed by atoms with Gasteiger partial charge in [-0.15, -0.1) is 0 Å². The van der Waals surface area contributed by atoms with Crippen molar-refractivity contribution in [2.24, 2.45) is 0 Å². The van der Waals surface area contributed by atoms with Crippen LogP contribution in [0.2, 0.25) is 0 Å². The molecule has 0 spiro atoms. The van der Waals surface area contributed by atoms with Crippen LogP contribution < -0.4 is 20.3 Å². The first-order valence-corrected chi connectivity index (χ1v) is 9.11. The van der Waals surface area contributed by atoms with Crippen LogP contribution in [0.25, 0.3) is 0 Å². The van der Waals surface area contributed by atoms with E-state index in [2.05, 4.69) is 10.6 Å². The lowest BCUT2D eigenvalue weighted by atomic mass is 10.1. The van der Waals surface area contributed by atoms with E-state index in [0.29, 0.717) is 23.5 Å². The molecule has 2 N–H and O–H groups in total. The number of benzene rings is 2. The molecule has 3 rings (SSSR count). The van der Waals surface area contributed by atoms with Gasteiger partial charge >= 0.3 is 0 Å². The number of carbonyl (C=O) groups is 3. The summed E-state index contributed by atoms with van der Waals surface area (Å²) in [6.07, 6.45) is 1.65. The fraction of sp³-hybridized carbons (Fsp3) is 0.286. The first kappa shape index (κ1) is 19.4. The highest BCUT2D eigenvalue weighted by molar-refractivity contribution is 5.97. The first-order chi connectivity index (χ1) is 13.5. The zero-order valence-corrected chi connectivity index (χ0v) is 16.0. The van der Waals surface area contributed by atoms with Gasteiger partial charge in [-0.25, -0.2) is 0 Å². The lowest BCUT2D eigenvalue weighted by molar-refractivity contribution is -0.117. The zero-order chi connectivity index (χ0) is 20.1. The van der Waals surface area contributed by atoms with E-state index in [1.807, 2.05) is 24.3 Å². The summed E-state index contributed by atoms with van der Waals surface area (Å²) in [7, 11) is 1.52. The number of rotatable bonds is 6. The van der Waals surface area contributed by atoms with Crippen molar-refractivity contribution in [3.05, 3.63) is 48.0 Å². The number of hydrogen-bond acceptors (Lipinski definition) is 4. The molecule has 0 aromatic heterocycles. The number of carbonyl (C=O) groups excluding carboxylic acids is 3. The Morgan fingerprint density at radius 2 is 1.86 bits per heavy atom. The van der Waals surface area contributed by atoms with E-state index >= 15 is 0 Å². The Bertz CT molecular complexity index is 893. The fourth-order valence-electron chi connectivity index (χ4n) is 3.18. The first-order valence-electron chi connectivity index (χ1n) is 9.11. The van der Waals surface area contributed by atoms with Gasteiger partial charge < -0.3 is 20.3 Å². The van der Waals surface area contributed by atoms with Gasteiger partial charge in [0.05, 0.1) is 19.2 Å². The van der Waals surface area contributed by atoms with Crippen LogP contribution >= 0.6 is 0 Å². The van der Waals surface area contributed by atoms with Crippen molar-refractivity contribution in [1.82, 2.24) is 0 Å². The highest BCUT2D eigenvalue weighted by Crippen LogP contribution is 2.28. The van der Waals surface area contributed by atoms with Crippen LogP contribution in [0, 0.1) is 0 Å². The zero-order valence-electron chi connectivity index (χ0n) is 16.0. The lowest BCUT2D eigenvalue weighted by Gasteiger charge is -2.16. The third kappa shape index (κ3) is 4.68. The van der Waals surface area contributed by atoms with Gasteiger partial charge in [-0.1, -0.05) is 12.1 Å². The number of amides is 3. The molecular formula is C21H23N3O4. The maximum atomic E-state index is 12.5. The highest BCUT2D eigenvalue weighted by atomic mass is 16.5. The minimum absolute atomic E-state index is 0.136. The van der Waals surface area contributed by atoms with E-state index in [0.717, 1.165) is 24.2 Å². The normalized spacial score (nSPS) is 13.4. The van der Waals surface area contributed by atoms with Crippen LogP contribution in [0.4, 0.5) is 17.1 Å². The molecule has 2 aromatic carbocycles. The van der Waals surface area contributed by atoms with Crippen molar-refractivity contribution in [2.75, 3.05) is 29.2 Å². The Hall–Kier alpha value is -3.35. The number of ether oxygens (including phenoxy) is 1. The predicted molar refractivity (Wildman–Crippen MR) is 108 cm³/mol. The van der Waals surface area contributed by atoms with Gasteiger partial charge in [-0.2, -0.15) is 0 Å². The SMILES string of the molecule is COc1ccc(NC(C)=O)cc1NC(=O)Cc1ccc(N2CCCC2=O)cc1. The average molecular weight is 381 g/mol. The summed E-state index contributed by atoms with van der Waals surface area (Å²) in [6.45, 7) is 2.16. The molecular weight excluding hydrogens is 358 g/mol. The molecule has 7 heteroatoms. The number of nitrogens with zero attached hydrogens (tertiary/aromatic N) is 1. The Morgan fingerprint density at radius 3 is 2.46 bits per heavy atom. The van der Waals surface area contributed by atoms with Crippen molar-refractivity contribution in [2.45, 2.75) is 26.2 Å². The second-order valence-corrected chi connectivity index (χ2v) is 6.64. The monoisotopic (exact) mass is 381 g/mol. The lowest BCUT2D eigenvalue weighted by Crippen LogP contribution is -2.23. The Morgan fingerprint density at radius 1 is 1.11 bits per heavy atom. The second-order valence-electron chi connectivity index (χ2n) is 6.64. The van der Waals surface area contributed by atoms with Crippen molar-refractivity contribution >= 4 is 34.8 Å². The van der Waals surface area contributed by atoms with Crippen LogP contribution in [-0.2, 0) is 20.8 Å². The van der Waals surface area contributed by atoms with Gasteiger partial charge in [0.25, 0.3) is 0 Å². The van der Waals surface area contributed by atoms with E-state index in [1.165, 1.54) is 14.0 Å².